The lowest BCUT2D eigenvalue weighted by molar-refractivity contribution is -0.126. The monoisotopic (exact) mass is 378 g/mol. The summed E-state index contributed by atoms with van der Waals surface area (Å²) in [6.45, 7) is 1.57. The van der Waals surface area contributed by atoms with Gasteiger partial charge in [-0.3, -0.25) is 4.79 Å². The molecule has 1 amide bonds. The highest BCUT2D eigenvalue weighted by atomic mass is 16.3. The molecule has 1 aromatic carbocycles. The number of furan rings is 1. The Labute approximate surface area is 164 Å². The van der Waals surface area contributed by atoms with Crippen LogP contribution in [0.4, 0.5) is 5.82 Å². The summed E-state index contributed by atoms with van der Waals surface area (Å²) in [5.74, 6) is 1.01. The SMILES string of the molecule is O=C(NC1CCCCC1)C1CCCN(c2ncnc3c2oc2ccccc23)C1. The number of carbonyl (C=O) groups excluding carboxylic acids is 1. The lowest BCUT2D eigenvalue weighted by atomic mass is 9.93. The number of anilines is 1. The Kier molecular flexibility index (Phi) is 4.63. The summed E-state index contributed by atoms with van der Waals surface area (Å²) >= 11 is 0. The Bertz CT molecular complexity index is 993. The van der Waals surface area contributed by atoms with Crippen LogP contribution in [-0.4, -0.2) is 35.0 Å². The van der Waals surface area contributed by atoms with E-state index in [9.17, 15) is 4.79 Å². The van der Waals surface area contributed by atoms with Gasteiger partial charge in [0.1, 0.15) is 17.4 Å². The fourth-order valence-corrected chi connectivity index (χ4v) is 4.69. The summed E-state index contributed by atoms with van der Waals surface area (Å²) < 4.78 is 6.09. The molecule has 3 heterocycles. The van der Waals surface area contributed by atoms with Crippen molar-refractivity contribution in [1.82, 2.24) is 15.3 Å². The highest BCUT2D eigenvalue weighted by Gasteiger charge is 2.30. The van der Waals surface area contributed by atoms with Crippen LogP contribution in [0.3, 0.4) is 0 Å². The maximum Gasteiger partial charge on any atom is 0.225 e. The molecule has 0 radical (unpaired) electrons. The van der Waals surface area contributed by atoms with Crippen LogP contribution in [0.15, 0.2) is 35.0 Å². The highest BCUT2D eigenvalue weighted by Crippen LogP contribution is 2.33. The third-order valence-corrected chi connectivity index (χ3v) is 6.18. The molecule has 1 N–H and O–H groups in total. The predicted molar refractivity (Wildman–Crippen MR) is 109 cm³/mol. The summed E-state index contributed by atoms with van der Waals surface area (Å²) in [5.41, 5.74) is 2.38. The molecule has 1 saturated heterocycles. The Morgan fingerprint density at radius 3 is 2.82 bits per heavy atom. The van der Waals surface area contributed by atoms with Crippen LogP contribution in [0.5, 0.6) is 0 Å². The highest BCUT2D eigenvalue weighted by molar-refractivity contribution is 6.05. The van der Waals surface area contributed by atoms with Crippen LogP contribution in [-0.2, 0) is 4.79 Å². The molecule has 0 spiro atoms. The molecule has 2 aromatic heterocycles. The Balaban J connectivity index is 1.38. The number of benzene rings is 1. The fourth-order valence-electron chi connectivity index (χ4n) is 4.69. The van der Waals surface area contributed by atoms with Crippen molar-refractivity contribution in [2.45, 2.75) is 51.0 Å². The van der Waals surface area contributed by atoms with Gasteiger partial charge in [-0.1, -0.05) is 31.4 Å². The minimum absolute atomic E-state index is 0.00469. The average Bonchev–Trinajstić information content (AvgIpc) is 3.13. The van der Waals surface area contributed by atoms with Crippen LogP contribution < -0.4 is 10.2 Å². The zero-order valence-corrected chi connectivity index (χ0v) is 16.1. The Morgan fingerprint density at radius 2 is 1.93 bits per heavy atom. The number of rotatable bonds is 3. The van der Waals surface area contributed by atoms with Crippen LogP contribution in [0.1, 0.15) is 44.9 Å². The molecule has 2 aliphatic rings. The van der Waals surface area contributed by atoms with Gasteiger partial charge in [0.25, 0.3) is 0 Å². The van der Waals surface area contributed by atoms with Crippen LogP contribution >= 0.6 is 0 Å². The molecule has 1 aliphatic carbocycles. The molecule has 0 bridgehead atoms. The molecular formula is C22H26N4O2. The third-order valence-electron chi connectivity index (χ3n) is 6.18. The van der Waals surface area contributed by atoms with Gasteiger partial charge in [-0.05, 0) is 37.8 Å². The molecule has 146 valence electrons. The summed E-state index contributed by atoms with van der Waals surface area (Å²) in [5, 5.41) is 4.30. The van der Waals surface area contributed by atoms with Gasteiger partial charge in [0.15, 0.2) is 11.4 Å². The van der Waals surface area contributed by atoms with Crippen molar-refractivity contribution in [1.29, 1.82) is 0 Å². The maximum absolute atomic E-state index is 12.9. The molecule has 1 unspecified atom stereocenters. The van der Waals surface area contributed by atoms with E-state index in [0.717, 1.165) is 60.1 Å². The van der Waals surface area contributed by atoms with E-state index in [-0.39, 0.29) is 11.8 Å². The Hall–Kier alpha value is -2.63. The number of aromatic nitrogens is 2. The van der Waals surface area contributed by atoms with Gasteiger partial charge >= 0.3 is 0 Å². The molecule has 3 aromatic rings. The first kappa shape index (κ1) is 17.5. The first-order valence-corrected chi connectivity index (χ1v) is 10.5. The van der Waals surface area contributed by atoms with Gasteiger partial charge in [-0.25, -0.2) is 9.97 Å². The predicted octanol–water partition coefficient (Wildman–Crippen LogP) is 4.04. The van der Waals surface area contributed by atoms with Gasteiger partial charge in [-0.2, -0.15) is 0 Å². The minimum Gasteiger partial charge on any atom is -0.450 e. The van der Waals surface area contributed by atoms with Crippen molar-refractivity contribution in [2.75, 3.05) is 18.0 Å². The largest absolute Gasteiger partial charge is 0.450 e. The molecule has 1 saturated carbocycles. The van der Waals surface area contributed by atoms with Gasteiger partial charge in [0, 0.05) is 24.5 Å². The number of amides is 1. The van der Waals surface area contributed by atoms with E-state index in [1.54, 1.807) is 6.33 Å². The van der Waals surface area contributed by atoms with Crippen LogP contribution in [0.2, 0.25) is 0 Å². The van der Waals surface area contributed by atoms with E-state index < -0.39 is 0 Å². The van der Waals surface area contributed by atoms with E-state index in [1.807, 2.05) is 24.3 Å². The van der Waals surface area contributed by atoms with Crippen molar-refractivity contribution in [2.24, 2.45) is 5.92 Å². The number of hydrogen-bond donors (Lipinski definition) is 1. The second-order valence-electron chi connectivity index (χ2n) is 8.10. The second-order valence-corrected chi connectivity index (χ2v) is 8.10. The lowest BCUT2D eigenvalue weighted by Crippen LogP contribution is -2.46. The van der Waals surface area contributed by atoms with Gasteiger partial charge in [0.2, 0.25) is 5.91 Å². The van der Waals surface area contributed by atoms with Crippen LogP contribution in [0.25, 0.3) is 22.1 Å². The summed E-state index contributed by atoms with van der Waals surface area (Å²) in [6, 6.07) is 8.29. The smallest absolute Gasteiger partial charge is 0.225 e. The maximum atomic E-state index is 12.9. The van der Waals surface area contributed by atoms with E-state index in [4.69, 9.17) is 4.42 Å². The molecule has 5 rings (SSSR count). The van der Waals surface area contributed by atoms with Crippen molar-refractivity contribution in [3.05, 3.63) is 30.6 Å². The van der Waals surface area contributed by atoms with Gasteiger partial charge < -0.3 is 14.6 Å². The number of hydrogen-bond acceptors (Lipinski definition) is 5. The van der Waals surface area contributed by atoms with E-state index in [1.165, 1.54) is 19.3 Å². The summed E-state index contributed by atoms with van der Waals surface area (Å²) in [6.07, 6.45) is 9.51. The van der Waals surface area contributed by atoms with Gasteiger partial charge in [0.05, 0.1) is 5.92 Å². The van der Waals surface area contributed by atoms with Crippen molar-refractivity contribution in [3.8, 4) is 0 Å². The number of nitrogens with one attached hydrogen (secondary N) is 1. The number of carbonyl (C=O) groups is 1. The van der Waals surface area contributed by atoms with E-state index >= 15 is 0 Å². The zero-order valence-electron chi connectivity index (χ0n) is 16.1. The fraction of sp³-hybridized carbons (Fsp3) is 0.500. The summed E-state index contributed by atoms with van der Waals surface area (Å²) in [7, 11) is 0. The average molecular weight is 378 g/mol. The second kappa shape index (κ2) is 7.41. The molecule has 28 heavy (non-hydrogen) atoms. The minimum atomic E-state index is 0.00469. The standard InChI is InChI=1S/C22H26N4O2/c27-22(25-16-8-2-1-3-9-16)15-7-6-12-26(13-15)21-20-19(23-14-24-21)17-10-4-5-11-18(17)28-20/h4-5,10-11,14-16H,1-3,6-9,12-13H2,(H,25,27). The normalized spacial score (nSPS) is 21.3. The topological polar surface area (TPSA) is 71.3 Å². The number of fused-ring (bicyclic) bond motifs is 3. The molecule has 6 heteroatoms. The van der Waals surface area contributed by atoms with Crippen LogP contribution in [0, 0.1) is 5.92 Å². The molecular weight excluding hydrogens is 352 g/mol. The molecule has 1 aliphatic heterocycles. The van der Waals surface area contributed by atoms with Crippen molar-refractivity contribution >= 4 is 33.8 Å². The number of piperidine rings is 1. The first-order chi connectivity index (χ1) is 13.8. The first-order valence-electron chi connectivity index (χ1n) is 10.5. The lowest BCUT2D eigenvalue weighted by Gasteiger charge is -2.34. The number of para-hydroxylation sites is 1. The molecule has 1 atom stereocenters. The molecule has 6 nitrogen and oxygen atoms in total. The zero-order chi connectivity index (χ0) is 18.9. The third kappa shape index (κ3) is 3.21. The molecule has 2 fully saturated rings. The Morgan fingerprint density at radius 1 is 1.07 bits per heavy atom. The van der Waals surface area contributed by atoms with Gasteiger partial charge in [-0.15, -0.1) is 0 Å². The summed E-state index contributed by atoms with van der Waals surface area (Å²) in [4.78, 5) is 24.0. The van der Waals surface area contributed by atoms with Crippen molar-refractivity contribution in [3.63, 3.8) is 0 Å². The van der Waals surface area contributed by atoms with E-state index in [0.29, 0.717) is 12.6 Å². The van der Waals surface area contributed by atoms with Crippen molar-refractivity contribution < 1.29 is 9.21 Å². The number of nitrogens with zero attached hydrogens (tertiary/aromatic N) is 3. The van der Waals surface area contributed by atoms with E-state index in [2.05, 4.69) is 20.2 Å². The quantitative estimate of drug-likeness (QED) is 0.745.